The second-order valence-corrected chi connectivity index (χ2v) is 6.26. The van der Waals surface area contributed by atoms with Gasteiger partial charge in [-0.25, -0.2) is 0 Å². The highest BCUT2D eigenvalue weighted by atomic mass is 32.1. The molecule has 0 radical (unpaired) electrons. The molecule has 1 aliphatic rings. The quantitative estimate of drug-likeness (QED) is 0.926. The zero-order chi connectivity index (χ0) is 14.7. The fraction of sp³-hybridized carbons (Fsp3) is 0.600. The zero-order valence-corrected chi connectivity index (χ0v) is 13.1. The molecular weight excluding hydrogens is 272 g/mol. The topological polar surface area (TPSA) is 49.4 Å². The molecule has 2 amide bonds. The first kappa shape index (κ1) is 15.0. The highest BCUT2D eigenvalue weighted by molar-refractivity contribution is 7.08. The minimum atomic E-state index is -0.381. The minimum absolute atomic E-state index is 0.0202. The van der Waals surface area contributed by atoms with Gasteiger partial charge in [-0.2, -0.15) is 11.3 Å². The third kappa shape index (κ3) is 3.20. The Morgan fingerprint density at radius 2 is 2.20 bits per heavy atom. The van der Waals surface area contributed by atoms with Crippen molar-refractivity contribution in [3.05, 3.63) is 21.9 Å². The first-order valence-corrected chi connectivity index (χ1v) is 8.07. The summed E-state index contributed by atoms with van der Waals surface area (Å²) in [6.07, 6.45) is 1.27. The number of amides is 2. The Balaban J connectivity index is 2.17. The monoisotopic (exact) mass is 294 g/mol. The number of thiophene rings is 1. The van der Waals surface area contributed by atoms with Gasteiger partial charge in [0.1, 0.15) is 6.04 Å². The molecule has 2 heterocycles. The Kier molecular flexibility index (Phi) is 4.81. The van der Waals surface area contributed by atoms with Gasteiger partial charge in [0.2, 0.25) is 11.8 Å². The lowest BCUT2D eigenvalue weighted by Gasteiger charge is -2.27. The van der Waals surface area contributed by atoms with Gasteiger partial charge in [-0.3, -0.25) is 9.59 Å². The lowest BCUT2D eigenvalue weighted by Crippen LogP contribution is -2.48. The maximum Gasteiger partial charge on any atom is 0.245 e. The Morgan fingerprint density at radius 3 is 2.80 bits per heavy atom. The predicted molar refractivity (Wildman–Crippen MR) is 80.5 cm³/mol. The molecule has 0 aliphatic carbocycles. The molecule has 1 aromatic rings. The molecule has 0 bridgehead atoms. The van der Waals surface area contributed by atoms with Crippen LogP contribution in [0, 0.1) is 12.8 Å². The van der Waals surface area contributed by atoms with Crippen molar-refractivity contribution >= 4 is 23.2 Å². The van der Waals surface area contributed by atoms with Crippen molar-refractivity contribution in [2.24, 2.45) is 5.92 Å². The molecule has 0 aromatic carbocycles. The van der Waals surface area contributed by atoms with Crippen LogP contribution in [0.4, 0.5) is 0 Å². The molecule has 1 aromatic heterocycles. The maximum atomic E-state index is 12.6. The van der Waals surface area contributed by atoms with Crippen LogP contribution in [0.5, 0.6) is 0 Å². The van der Waals surface area contributed by atoms with Crippen molar-refractivity contribution in [3.8, 4) is 0 Å². The summed E-state index contributed by atoms with van der Waals surface area (Å²) in [5.41, 5.74) is 2.40. The molecule has 110 valence electrons. The summed E-state index contributed by atoms with van der Waals surface area (Å²) in [4.78, 5) is 26.3. The fourth-order valence-electron chi connectivity index (χ4n) is 2.38. The van der Waals surface area contributed by atoms with E-state index in [-0.39, 0.29) is 23.8 Å². The number of hydrogen-bond acceptors (Lipinski definition) is 3. The Bertz CT molecular complexity index is 498. The van der Waals surface area contributed by atoms with Gasteiger partial charge in [-0.1, -0.05) is 20.3 Å². The van der Waals surface area contributed by atoms with Crippen molar-refractivity contribution in [2.75, 3.05) is 6.54 Å². The molecular formula is C15H22N2O2S. The molecule has 5 heteroatoms. The van der Waals surface area contributed by atoms with Gasteiger partial charge in [0.15, 0.2) is 0 Å². The van der Waals surface area contributed by atoms with E-state index in [1.54, 1.807) is 11.3 Å². The third-order valence-corrected chi connectivity index (χ3v) is 4.95. The van der Waals surface area contributed by atoms with Crippen LogP contribution in [-0.4, -0.2) is 29.3 Å². The van der Waals surface area contributed by atoms with E-state index in [4.69, 9.17) is 0 Å². The van der Waals surface area contributed by atoms with Crippen molar-refractivity contribution in [3.63, 3.8) is 0 Å². The first-order valence-electron chi connectivity index (χ1n) is 7.12. The van der Waals surface area contributed by atoms with Crippen LogP contribution in [0.2, 0.25) is 0 Å². The number of carbonyl (C=O) groups excluding carboxylic acids is 2. The summed E-state index contributed by atoms with van der Waals surface area (Å²) in [5, 5.41) is 7.05. The summed E-state index contributed by atoms with van der Waals surface area (Å²) >= 11 is 1.65. The van der Waals surface area contributed by atoms with Crippen LogP contribution in [0.15, 0.2) is 10.8 Å². The van der Waals surface area contributed by atoms with Crippen LogP contribution in [0.25, 0.3) is 0 Å². The zero-order valence-electron chi connectivity index (χ0n) is 12.3. The van der Waals surface area contributed by atoms with E-state index in [1.807, 2.05) is 18.7 Å². The van der Waals surface area contributed by atoms with Gasteiger partial charge < -0.3 is 10.2 Å². The average molecular weight is 294 g/mol. The van der Waals surface area contributed by atoms with E-state index >= 15 is 0 Å². The number of rotatable bonds is 4. The van der Waals surface area contributed by atoms with Gasteiger partial charge in [-0.15, -0.1) is 0 Å². The van der Waals surface area contributed by atoms with Crippen LogP contribution in [0.3, 0.4) is 0 Å². The smallest absolute Gasteiger partial charge is 0.245 e. The van der Waals surface area contributed by atoms with Crippen LogP contribution in [0.1, 0.15) is 37.8 Å². The van der Waals surface area contributed by atoms with E-state index in [0.29, 0.717) is 19.5 Å². The van der Waals surface area contributed by atoms with Crippen LogP contribution in [-0.2, 0) is 16.1 Å². The maximum absolute atomic E-state index is 12.6. The summed E-state index contributed by atoms with van der Waals surface area (Å²) in [5.74, 6) is 0.194. The molecule has 0 spiro atoms. The Hall–Kier alpha value is -1.36. The lowest BCUT2D eigenvalue weighted by molar-refractivity contribution is -0.135. The first-order chi connectivity index (χ1) is 9.52. The number of nitrogens with zero attached hydrogens (tertiary/aromatic N) is 1. The number of carbonyl (C=O) groups is 2. The van der Waals surface area contributed by atoms with Crippen molar-refractivity contribution in [2.45, 2.75) is 46.2 Å². The molecule has 1 aliphatic heterocycles. The van der Waals surface area contributed by atoms with Gasteiger partial charge in [0.05, 0.1) is 0 Å². The summed E-state index contributed by atoms with van der Waals surface area (Å²) < 4.78 is 0. The second kappa shape index (κ2) is 6.39. The van der Waals surface area contributed by atoms with E-state index in [2.05, 4.69) is 23.0 Å². The predicted octanol–water partition coefficient (Wildman–Crippen LogP) is 2.32. The van der Waals surface area contributed by atoms with Gasteiger partial charge in [0, 0.05) is 19.5 Å². The summed E-state index contributed by atoms with van der Waals surface area (Å²) in [7, 11) is 0. The second-order valence-electron chi connectivity index (χ2n) is 5.52. The number of hydrogen-bond donors (Lipinski definition) is 1. The highest BCUT2D eigenvalue weighted by Crippen LogP contribution is 2.20. The van der Waals surface area contributed by atoms with Gasteiger partial charge in [-0.05, 0) is 34.7 Å². The Labute approximate surface area is 124 Å². The molecule has 4 nitrogen and oxygen atoms in total. The normalized spacial score (nSPS) is 21.6. The molecule has 2 rings (SSSR count). The summed E-state index contributed by atoms with van der Waals surface area (Å²) in [6, 6.07) is -0.381. The Morgan fingerprint density at radius 1 is 1.45 bits per heavy atom. The molecule has 1 fully saturated rings. The minimum Gasteiger partial charge on any atom is -0.344 e. The molecule has 0 saturated carbocycles. The van der Waals surface area contributed by atoms with E-state index in [0.717, 1.165) is 6.42 Å². The lowest BCUT2D eigenvalue weighted by atomic mass is 9.98. The van der Waals surface area contributed by atoms with E-state index < -0.39 is 0 Å². The van der Waals surface area contributed by atoms with Crippen molar-refractivity contribution < 1.29 is 9.59 Å². The third-order valence-electron chi connectivity index (χ3n) is 4.04. The van der Waals surface area contributed by atoms with Crippen molar-refractivity contribution in [1.29, 1.82) is 0 Å². The van der Waals surface area contributed by atoms with Crippen LogP contribution >= 0.6 is 11.3 Å². The van der Waals surface area contributed by atoms with Gasteiger partial charge >= 0.3 is 0 Å². The SMILES string of the molecule is CCC(C)C1NC(=O)CCN(Cc2cscc2C)C1=O. The average Bonchev–Trinajstić information content (AvgIpc) is 2.78. The van der Waals surface area contributed by atoms with Crippen LogP contribution < -0.4 is 5.32 Å². The molecule has 2 atom stereocenters. The standard InChI is InChI=1S/C15H22N2O2S/c1-4-10(2)14-15(19)17(6-5-13(18)16-14)7-12-9-20-8-11(12)3/h8-10,14H,4-7H2,1-3H3,(H,16,18). The molecule has 1 saturated heterocycles. The van der Waals surface area contributed by atoms with Crippen molar-refractivity contribution in [1.82, 2.24) is 10.2 Å². The number of nitrogens with one attached hydrogen (secondary N) is 1. The molecule has 20 heavy (non-hydrogen) atoms. The largest absolute Gasteiger partial charge is 0.344 e. The van der Waals surface area contributed by atoms with E-state index in [9.17, 15) is 9.59 Å². The molecule has 2 unspecified atom stereocenters. The fourth-order valence-corrected chi connectivity index (χ4v) is 3.23. The van der Waals surface area contributed by atoms with Gasteiger partial charge in [0.25, 0.3) is 0 Å². The molecule has 1 N–H and O–H groups in total. The highest BCUT2D eigenvalue weighted by Gasteiger charge is 2.33. The number of aryl methyl sites for hydroxylation is 1. The van der Waals surface area contributed by atoms with E-state index in [1.165, 1.54) is 11.1 Å². The summed E-state index contributed by atoms with van der Waals surface area (Å²) in [6.45, 7) is 7.23.